The monoisotopic (exact) mass is 238 g/mol. The van der Waals surface area contributed by atoms with E-state index in [1.54, 1.807) is 0 Å². The van der Waals surface area contributed by atoms with E-state index in [0.717, 1.165) is 18.5 Å². The van der Waals surface area contributed by atoms with Crippen LogP contribution in [0.25, 0.3) is 0 Å². The topological polar surface area (TPSA) is 93.0 Å². The molecule has 1 fully saturated rings. The van der Waals surface area contributed by atoms with Gasteiger partial charge in [0.15, 0.2) is 0 Å². The molecule has 6 heteroatoms. The molecule has 1 aliphatic rings. The Labute approximate surface area is 99.9 Å². The maximum Gasteiger partial charge on any atom is 0.246 e. The van der Waals surface area contributed by atoms with Crippen molar-refractivity contribution in [2.75, 3.05) is 18.9 Å². The molecule has 2 rings (SSSR count). The number of nitrogens with one attached hydrogen (secondary N) is 2. The molecule has 94 valence electrons. The van der Waals surface area contributed by atoms with Gasteiger partial charge in [-0.25, -0.2) is 0 Å². The van der Waals surface area contributed by atoms with Gasteiger partial charge in [0.05, 0.1) is 0 Å². The van der Waals surface area contributed by atoms with Crippen LogP contribution in [0.15, 0.2) is 6.07 Å². The summed E-state index contributed by atoms with van der Waals surface area (Å²) in [6.45, 7) is 2.58. The van der Waals surface area contributed by atoms with Gasteiger partial charge in [0.25, 0.3) is 0 Å². The van der Waals surface area contributed by atoms with Crippen LogP contribution in [0.5, 0.6) is 0 Å². The van der Waals surface area contributed by atoms with Gasteiger partial charge < -0.3 is 15.8 Å². The minimum atomic E-state index is -0.0422. The van der Waals surface area contributed by atoms with Crippen LogP contribution in [0.2, 0.25) is 0 Å². The Kier molecular flexibility index (Phi) is 3.63. The minimum absolute atomic E-state index is 0.0422. The van der Waals surface area contributed by atoms with E-state index >= 15 is 0 Å². The molecule has 0 unspecified atom stereocenters. The lowest BCUT2D eigenvalue weighted by Gasteiger charge is -2.35. The molecule has 0 radical (unpaired) electrons. The van der Waals surface area contributed by atoms with Gasteiger partial charge >= 0.3 is 0 Å². The highest BCUT2D eigenvalue weighted by Gasteiger charge is 2.32. The van der Waals surface area contributed by atoms with Gasteiger partial charge in [-0.05, 0) is 19.8 Å². The average Bonchev–Trinajstić information content (AvgIpc) is 2.66. The van der Waals surface area contributed by atoms with E-state index in [2.05, 4.69) is 15.5 Å². The summed E-state index contributed by atoms with van der Waals surface area (Å²) in [5, 5.41) is 9.72. The van der Waals surface area contributed by atoms with Gasteiger partial charge in [-0.1, -0.05) is 0 Å². The molecule has 6 nitrogen and oxygen atoms in total. The summed E-state index contributed by atoms with van der Waals surface area (Å²) < 4.78 is 5.03. The van der Waals surface area contributed by atoms with E-state index in [9.17, 15) is 4.79 Å². The largest absolute Gasteiger partial charge is 0.382 e. The number of aromatic nitrogens is 2. The van der Waals surface area contributed by atoms with E-state index in [4.69, 9.17) is 10.5 Å². The Morgan fingerprint density at radius 3 is 3.06 bits per heavy atom. The van der Waals surface area contributed by atoms with Gasteiger partial charge in [-0.15, -0.1) is 0 Å². The number of aromatic amines is 1. The summed E-state index contributed by atoms with van der Waals surface area (Å²) >= 11 is 0. The predicted molar refractivity (Wildman–Crippen MR) is 63.4 cm³/mol. The third-order valence-electron chi connectivity index (χ3n) is 3.00. The number of nitrogens with zero attached hydrogens (tertiary/aromatic N) is 1. The van der Waals surface area contributed by atoms with Crippen LogP contribution in [-0.4, -0.2) is 35.4 Å². The second-order valence-corrected chi connectivity index (χ2v) is 4.32. The number of carbonyl (C=O) groups excluding carboxylic acids is 1. The number of ether oxygens (including phenoxy) is 1. The third-order valence-corrected chi connectivity index (χ3v) is 3.00. The molecule has 1 saturated carbocycles. The van der Waals surface area contributed by atoms with Crippen LogP contribution in [0.1, 0.15) is 31.4 Å². The van der Waals surface area contributed by atoms with Crippen molar-refractivity contribution in [2.45, 2.75) is 31.7 Å². The van der Waals surface area contributed by atoms with E-state index in [-0.39, 0.29) is 18.6 Å². The zero-order chi connectivity index (χ0) is 12.3. The number of anilines is 1. The van der Waals surface area contributed by atoms with Crippen LogP contribution >= 0.6 is 0 Å². The first-order valence-electron chi connectivity index (χ1n) is 5.87. The second-order valence-electron chi connectivity index (χ2n) is 4.32. The molecule has 17 heavy (non-hydrogen) atoms. The number of nitrogens with two attached hydrogens (primary N) is 1. The highest BCUT2D eigenvalue weighted by atomic mass is 16.5. The first kappa shape index (κ1) is 11.9. The molecule has 0 aromatic carbocycles. The van der Waals surface area contributed by atoms with Gasteiger partial charge in [0.2, 0.25) is 5.91 Å². The molecule has 1 aromatic rings. The van der Waals surface area contributed by atoms with Crippen molar-refractivity contribution < 1.29 is 9.53 Å². The lowest BCUT2D eigenvalue weighted by Crippen LogP contribution is -2.44. The summed E-state index contributed by atoms with van der Waals surface area (Å²) in [4.78, 5) is 11.4. The zero-order valence-electron chi connectivity index (χ0n) is 9.90. The average molecular weight is 238 g/mol. The maximum atomic E-state index is 11.4. The molecule has 0 atom stereocenters. The SMILES string of the molecule is CCOCC(=O)NC1CC(c2cc(N)n[nH]2)C1. The molecule has 0 saturated heterocycles. The quantitative estimate of drug-likeness (QED) is 0.691. The minimum Gasteiger partial charge on any atom is -0.382 e. The van der Waals surface area contributed by atoms with Gasteiger partial charge in [0, 0.05) is 30.3 Å². The zero-order valence-corrected chi connectivity index (χ0v) is 9.90. The van der Waals surface area contributed by atoms with Crippen molar-refractivity contribution in [1.29, 1.82) is 0 Å². The molecule has 1 amide bonds. The summed E-state index contributed by atoms with van der Waals surface area (Å²) in [6.07, 6.45) is 1.86. The molecule has 1 heterocycles. The third kappa shape index (κ3) is 2.97. The number of hydrogen-bond donors (Lipinski definition) is 3. The molecular weight excluding hydrogens is 220 g/mol. The number of nitrogen functional groups attached to an aromatic ring is 1. The van der Waals surface area contributed by atoms with Crippen molar-refractivity contribution in [2.24, 2.45) is 0 Å². The van der Waals surface area contributed by atoms with Crippen molar-refractivity contribution in [1.82, 2.24) is 15.5 Å². The lowest BCUT2D eigenvalue weighted by molar-refractivity contribution is -0.126. The van der Waals surface area contributed by atoms with Crippen molar-refractivity contribution in [3.63, 3.8) is 0 Å². The summed E-state index contributed by atoms with van der Waals surface area (Å²) in [6, 6.07) is 2.10. The maximum absolute atomic E-state index is 11.4. The fourth-order valence-electron chi connectivity index (χ4n) is 2.02. The Morgan fingerprint density at radius 1 is 1.71 bits per heavy atom. The van der Waals surface area contributed by atoms with E-state index in [0.29, 0.717) is 18.3 Å². The Balaban J connectivity index is 1.70. The number of hydrogen-bond acceptors (Lipinski definition) is 4. The molecule has 1 aromatic heterocycles. The summed E-state index contributed by atoms with van der Waals surface area (Å²) in [5.41, 5.74) is 6.59. The summed E-state index contributed by atoms with van der Waals surface area (Å²) in [7, 11) is 0. The van der Waals surface area contributed by atoms with E-state index in [1.165, 1.54) is 0 Å². The van der Waals surface area contributed by atoms with Gasteiger partial charge in [-0.3, -0.25) is 9.89 Å². The van der Waals surface area contributed by atoms with E-state index < -0.39 is 0 Å². The summed E-state index contributed by atoms with van der Waals surface area (Å²) in [5.74, 6) is 0.903. The highest BCUT2D eigenvalue weighted by molar-refractivity contribution is 5.77. The Hall–Kier alpha value is -1.56. The van der Waals surface area contributed by atoms with E-state index in [1.807, 2.05) is 13.0 Å². The van der Waals surface area contributed by atoms with Gasteiger partial charge in [-0.2, -0.15) is 5.10 Å². The first-order valence-corrected chi connectivity index (χ1v) is 5.87. The van der Waals surface area contributed by atoms with Crippen molar-refractivity contribution >= 4 is 11.7 Å². The van der Waals surface area contributed by atoms with Crippen LogP contribution in [0.4, 0.5) is 5.82 Å². The lowest BCUT2D eigenvalue weighted by atomic mass is 9.78. The first-order chi connectivity index (χ1) is 8.19. The van der Waals surface area contributed by atoms with Crippen molar-refractivity contribution in [3.8, 4) is 0 Å². The van der Waals surface area contributed by atoms with Crippen molar-refractivity contribution in [3.05, 3.63) is 11.8 Å². The Morgan fingerprint density at radius 2 is 2.47 bits per heavy atom. The van der Waals surface area contributed by atoms with Crippen LogP contribution in [0.3, 0.4) is 0 Å². The van der Waals surface area contributed by atoms with Gasteiger partial charge in [0.1, 0.15) is 12.4 Å². The van der Waals surface area contributed by atoms with Crippen LogP contribution in [-0.2, 0) is 9.53 Å². The van der Waals surface area contributed by atoms with Crippen LogP contribution < -0.4 is 11.1 Å². The smallest absolute Gasteiger partial charge is 0.246 e. The van der Waals surface area contributed by atoms with Crippen LogP contribution in [0, 0.1) is 0 Å². The Bertz CT molecular complexity index is 385. The molecular formula is C11H18N4O2. The highest BCUT2D eigenvalue weighted by Crippen LogP contribution is 2.36. The fourth-order valence-corrected chi connectivity index (χ4v) is 2.02. The normalized spacial score (nSPS) is 23.1. The molecule has 0 spiro atoms. The number of H-pyrrole nitrogens is 1. The fraction of sp³-hybridized carbons (Fsp3) is 0.636. The molecule has 0 aliphatic heterocycles. The molecule has 4 N–H and O–H groups in total. The number of carbonyl (C=O) groups is 1. The number of rotatable bonds is 5. The molecule has 0 bridgehead atoms. The number of amides is 1. The standard InChI is InChI=1S/C11H18N4O2/c1-2-17-6-11(16)13-8-3-7(4-8)9-5-10(12)15-14-9/h5,7-8H,2-4,6H2,1H3,(H,13,16)(H3,12,14,15). The second kappa shape index (κ2) is 5.18. The predicted octanol–water partition coefficient (Wildman–Crippen LogP) is 0.391. The molecule has 1 aliphatic carbocycles.